The first-order valence-electron chi connectivity index (χ1n) is 7.06. The Balaban J connectivity index is 2.20. The molecule has 2 rings (SSSR count). The van der Waals surface area contributed by atoms with E-state index in [0.717, 1.165) is 22.4 Å². The highest BCUT2D eigenvalue weighted by atomic mass is 16.5. The topological polar surface area (TPSA) is 55.8 Å². The van der Waals surface area contributed by atoms with Crippen molar-refractivity contribution < 1.29 is 19.4 Å². The summed E-state index contributed by atoms with van der Waals surface area (Å²) in [5.74, 6) is 0.113. The highest BCUT2D eigenvalue weighted by Gasteiger charge is 2.20. The molecule has 0 aliphatic rings. The second kappa shape index (κ2) is 7.09. The standard InChI is InChI=1S/C18H20O4/c1-12-8-9-13(2)16(10-12)22-11-14-6-4-5-7-15(14)17(19)18(20)21-3/h4-10,17,19H,11H2,1-3H3. The molecule has 0 spiro atoms. The van der Waals surface area contributed by atoms with Crippen molar-refractivity contribution in [3.8, 4) is 5.75 Å². The molecule has 0 heterocycles. The molecule has 2 aromatic rings. The van der Waals surface area contributed by atoms with Crippen LogP contribution in [0.4, 0.5) is 0 Å². The summed E-state index contributed by atoms with van der Waals surface area (Å²) in [5, 5.41) is 10.0. The van der Waals surface area contributed by atoms with E-state index in [1.165, 1.54) is 7.11 Å². The van der Waals surface area contributed by atoms with Crippen LogP contribution in [0.15, 0.2) is 42.5 Å². The third-order valence-electron chi connectivity index (χ3n) is 3.50. The molecular weight excluding hydrogens is 280 g/mol. The van der Waals surface area contributed by atoms with Crippen molar-refractivity contribution in [3.63, 3.8) is 0 Å². The van der Waals surface area contributed by atoms with Gasteiger partial charge in [-0.3, -0.25) is 0 Å². The van der Waals surface area contributed by atoms with Crippen molar-refractivity contribution in [1.29, 1.82) is 0 Å². The molecule has 0 fully saturated rings. The molecule has 0 amide bonds. The zero-order valence-corrected chi connectivity index (χ0v) is 13.0. The lowest BCUT2D eigenvalue weighted by molar-refractivity contribution is -0.150. The molecule has 0 radical (unpaired) electrons. The van der Waals surface area contributed by atoms with E-state index >= 15 is 0 Å². The Morgan fingerprint density at radius 3 is 2.64 bits per heavy atom. The minimum atomic E-state index is -1.30. The summed E-state index contributed by atoms with van der Waals surface area (Å²) in [5.41, 5.74) is 3.40. The molecule has 0 saturated heterocycles. The third kappa shape index (κ3) is 3.65. The number of benzene rings is 2. The minimum Gasteiger partial charge on any atom is -0.489 e. The summed E-state index contributed by atoms with van der Waals surface area (Å²) in [7, 11) is 1.25. The number of carbonyl (C=O) groups excluding carboxylic acids is 1. The van der Waals surface area contributed by atoms with E-state index in [4.69, 9.17) is 4.74 Å². The number of aryl methyl sites for hydroxylation is 2. The highest BCUT2D eigenvalue weighted by molar-refractivity contribution is 5.76. The van der Waals surface area contributed by atoms with E-state index in [-0.39, 0.29) is 6.61 Å². The Morgan fingerprint density at radius 2 is 1.91 bits per heavy atom. The average Bonchev–Trinajstić information content (AvgIpc) is 2.54. The SMILES string of the molecule is COC(=O)C(O)c1ccccc1COc1cc(C)ccc1C. The third-order valence-corrected chi connectivity index (χ3v) is 3.50. The highest BCUT2D eigenvalue weighted by Crippen LogP contribution is 2.24. The number of carbonyl (C=O) groups is 1. The van der Waals surface area contributed by atoms with Gasteiger partial charge in [0.05, 0.1) is 7.11 Å². The van der Waals surface area contributed by atoms with Crippen LogP contribution in [0, 0.1) is 13.8 Å². The molecule has 1 N–H and O–H groups in total. The predicted molar refractivity (Wildman–Crippen MR) is 83.7 cm³/mol. The van der Waals surface area contributed by atoms with Crippen LogP contribution in [-0.4, -0.2) is 18.2 Å². The van der Waals surface area contributed by atoms with Crippen LogP contribution in [-0.2, 0) is 16.1 Å². The van der Waals surface area contributed by atoms with Gasteiger partial charge in [-0.25, -0.2) is 4.79 Å². The number of ether oxygens (including phenoxy) is 2. The molecule has 116 valence electrons. The number of methoxy groups -OCH3 is 1. The van der Waals surface area contributed by atoms with Crippen LogP contribution in [0.3, 0.4) is 0 Å². The molecule has 1 unspecified atom stereocenters. The largest absolute Gasteiger partial charge is 0.489 e. The molecule has 4 nitrogen and oxygen atoms in total. The Morgan fingerprint density at radius 1 is 1.18 bits per heavy atom. The fourth-order valence-corrected chi connectivity index (χ4v) is 2.19. The maximum Gasteiger partial charge on any atom is 0.339 e. The first-order chi connectivity index (χ1) is 10.5. The van der Waals surface area contributed by atoms with Crippen molar-refractivity contribution in [2.45, 2.75) is 26.6 Å². The average molecular weight is 300 g/mol. The maximum atomic E-state index is 11.5. The minimum absolute atomic E-state index is 0.272. The fourth-order valence-electron chi connectivity index (χ4n) is 2.19. The molecule has 0 saturated carbocycles. The van der Waals surface area contributed by atoms with E-state index in [9.17, 15) is 9.90 Å². The second-order valence-corrected chi connectivity index (χ2v) is 5.18. The molecule has 1 atom stereocenters. The molecule has 0 aromatic heterocycles. The van der Waals surface area contributed by atoms with E-state index in [0.29, 0.717) is 5.56 Å². The lowest BCUT2D eigenvalue weighted by atomic mass is 10.0. The maximum absolute atomic E-state index is 11.5. The first-order valence-corrected chi connectivity index (χ1v) is 7.06. The summed E-state index contributed by atoms with van der Waals surface area (Å²) in [4.78, 5) is 11.5. The fraction of sp³-hybridized carbons (Fsp3) is 0.278. The van der Waals surface area contributed by atoms with Crippen LogP contribution in [0.1, 0.15) is 28.4 Å². The van der Waals surface area contributed by atoms with Gasteiger partial charge in [0.2, 0.25) is 0 Å². The van der Waals surface area contributed by atoms with Gasteiger partial charge in [0, 0.05) is 0 Å². The van der Waals surface area contributed by atoms with Gasteiger partial charge in [-0.15, -0.1) is 0 Å². The van der Waals surface area contributed by atoms with E-state index < -0.39 is 12.1 Å². The predicted octanol–water partition coefficient (Wildman–Crippen LogP) is 3.09. The lowest BCUT2D eigenvalue weighted by Gasteiger charge is -2.15. The van der Waals surface area contributed by atoms with E-state index in [2.05, 4.69) is 4.74 Å². The van der Waals surface area contributed by atoms with Gasteiger partial charge in [-0.2, -0.15) is 0 Å². The zero-order chi connectivity index (χ0) is 16.1. The smallest absolute Gasteiger partial charge is 0.339 e. The lowest BCUT2D eigenvalue weighted by Crippen LogP contribution is -2.16. The number of hydrogen-bond acceptors (Lipinski definition) is 4. The van der Waals surface area contributed by atoms with Crippen LogP contribution >= 0.6 is 0 Å². The van der Waals surface area contributed by atoms with Crippen molar-refractivity contribution in [2.75, 3.05) is 7.11 Å². The van der Waals surface area contributed by atoms with Crippen LogP contribution in [0.5, 0.6) is 5.75 Å². The van der Waals surface area contributed by atoms with Gasteiger partial charge in [0.15, 0.2) is 6.10 Å². The Bertz CT molecular complexity index is 664. The molecule has 0 aliphatic carbocycles. The van der Waals surface area contributed by atoms with Crippen molar-refractivity contribution in [2.24, 2.45) is 0 Å². The zero-order valence-electron chi connectivity index (χ0n) is 13.0. The number of rotatable bonds is 5. The monoisotopic (exact) mass is 300 g/mol. The molecule has 0 bridgehead atoms. The molecule has 22 heavy (non-hydrogen) atoms. The Labute approximate surface area is 130 Å². The van der Waals surface area contributed by atoms with Crippen LogP contribution in [0.25, 0.3) is 0 Å². The Kier molecular flexibility index (Phi) is 5.17. The van der Waals surface area contributed by atoms with Gasteiger partial charge >= 0.3 is 5.97 Å². The molecular formula is C18H20O4. The summed E-state index contributed by atoms with van der Waals surface area (Å²) in [6.45, 7) is 4.25. The summed E-state index contributed by atoms with van der Waals surface area (Å²) in [6.07, 6.45) is -1.30. The van der Waals surface area contributed by atoms with Gasteiger partial charge < -0.3 is 14.6 Å². The van der Waals surface area contributed by atoms with Crippen molar-refractivity contribution >= 4 is 5.97 Å². The van der Waals surface area contributed by atoms with Gasteiger partial charge in [-0.05, 0) is 42.2 Å². The Hall–Kier alpha value is -2.33. The van der Waals surface area contributed by atoms with E-state index in [1.54, 1.807) is 12.1 Å². The second-order valence-electron chi connectivity index (χ2n) is 5.18. The van der Waals surface area contributed by atoms with Gasteiger partial charge in [0.25, 0.3) is 0 Å². The van der Waals surface area contributed by atoms with Crippen LogP contribution in [0.2, 0.25) is 0 Å². The quantitative estimate of drug-likeness (QED) is 0.862. The summed E-state index contributed by atoms with van der Waals surface area (Å²) < 4.78 is 10.4. The van der Waals surface area contributed by atoms with Gasteiger partial charge in [0.1, 0.15) is 12.4 Å². The number of hydrogen-bond donors (Lipinski definition) is 1. The van der Waals surface area contributed by atoms with Gasteiger partial charge in [-0.1, -0.05) is 36.4 Å². The number of aliphatic hydroxyl groups is 1. The first kappa shape index (κ1) is 16.0. The number of esters is 1. The van der Waals surface area contributed by atoms with Crippen molar-refractivity contribution in [1.82, 2.24) is 0 Å². The molecule has 0 aliphatic heterocycles. The van der Waals surface area contributed by atoms with Crippen molar-refractivity contribution in [3.05, 3.63) is 64.7 Å². The summed E-state index contributed by atoms with van der Waals surface area (Å²) in [6, 6.07) is 13.1. The van der Waals surface area contributed by atoms with E-state index in [1.807, 2.05) is 44.2 Å². The summed E-state index contributed by atoms with van der Waals surface area (Å²) >= 11 is 0. The normalized spacial score (nSPS) is 11.8. The molecule has 2 aromatic carbocycles. The molecule has 4 heteroatoms. The van der Waals surface area contributed by atoms with Crippen LogP contribution < -0.4 is 4.74 Å². The number of aliphatic hydroxyl groups excluding tert-OH is 1.